The fraction of sp³-hybridized carbons (Fsp3) is 0.500. The van der Waals surface area contributed by atoms with Crippen LogP contribution < -0.4 is 5.32 Å². The van der Waals surface area contributed by atoms with Gasteiger partial charge in [-0.3, -0.25) is 4.68 Å². The van der Waals surface area contributed by atoms with Crippen LogP contribution in [0.3, 0.4) is 0 Å². The van der Waals surface area contributed by atoms with Gasteiger partial charge in [0, 0.05) is 41.3 Å². The second kappa shape index (κ2) is 6.84. The zero-order chi connectivity index (χ0) is 16.6. The van der Waals surface area contributed by atoms with Gasteiger partial charge in [0.05, 0.1) is 5.69 Å². The minimum atomic E-state index is 0.206. The number of hydrogen-bond acceptors (Lipinski definition) is 2. The van der Waals surface area contributed by atoms with Gasteiger partial charge in [-0.1, -0.05) is 36.2 Å². The van der Waals surface area contributed by atoms with Gasteiger partial charge in [0.2, 0.25) is 0 Å². The lowest BCUT2D eigenvalue weighted by molar-refractivity contribution is 0.521. The Morgan fingerprint density at radius 2 is 1.91 bits per heavy atom. The van der Waals surface area contributed by atoms with Crippen LogP contribution in [-0.4, -0.2) is 16.3 Å². The fourth-order valence-corrected chi connectivity index (χ4v) is 3.79. The lowest BCUT2D eigenvalue weighted by atomic mass is 10.0. The van der Waals surface area contributed by atoms with E-state index >= 15 is 0 Å². The van der Waals surface area contributed by atoms with E-state index in [1.54, 1.807) is 0 Å². The quantitative estimate of drug-likeness (QED) is 0.788. The Hall–Kier alpha value is -1.03. The fourth-order valence-electron chi connectivity index (χ4n) is 3.02. The second-order valence-corrected chi connectivity index (χ2v) is 7.37. The molecule has 124 valence electrons. The molecule has 3 nitrogen and oxygen atoms in total. The van der Waals surface area contributed by atoms with Crippen molar-refractivity contribution in [2.45, 2.75) is 44.6 Å². The Labute approximate surface area is 148 Å². The largest absolute Gasteiger partial charge is 0.308 e. The molecule has 0 radical (unpaired) electrons. The maximum Gasteiger partial charge on any atom is 0.0794 e. The van der Waals surface area contributed by atoms with Crippen molar-refractivity contribution in [2.24, 2.45) is 7.05 Å². The molecule has 2 aromatic rings. The third-order valence-corrected chi connectivity index (χ3v) is 5.26. The van der Waals surface area contributed by atoms with Gasteiger partial charge in [-0.2, -0.15) is 5.10 Å². The van der Waals surface area contributed by atoms with Gasteiger partial charge in [-0.05, 0) is 49.4 Å². The van der Waals surface area contributed by atoms with Crippen LogP contribution in [0, 0.1) is 0 Å². The highest BCUT2D eigenvalue weighted by Gasteiger charge is 2.28. The van der Waals surface area contributed by atoms with Crippen molar-refractivity contribution in [3.05, 3.63) is 51.3 Å². The first-order valence-electron chi connectivity index (χ1n) is 8.18. The monoisotopic (exact) mass is 351 g/mol. The SMILES string of the molecule is CC(CNC(C)c1cc(C2CC2)n(C)n1)c1c(Cl)cccc1Cl. The van der Waals surface area contributed by atoms with E-state index in [1.165, 1.54) is 18.5 Å². The predicted molar refractivity (Wildman–Crippen MR) is 96.5 cm³/mol. The van der Waals surface area contributed by atoms with E-state index in [9.17, 15) is 0 Å². The maximum atomic E-state index is 6.29. The summed E-state index contributed by atoms with van der Waals surface area (Å²) in [5, 5.41) is 9.68. The summed E-state index contributed by atoms with van der Waals surface area (Å²) < 4.78 is 2.03. The summed E-state index contributed by atoms with van der Waals surface area (Å²) in [5.74, 6) is 0.958. The summed E-state index contributed by atoms with van der Waals surface area (Å²) in [6, 6.07) is 8.11. The lowest BCUT2D eigenvalue weighted by Crippen LogP contribution is -2.24. The van der Waals surface area contributed by atoms with Gasteiger partial charge in [-0.15, -0.1) is 0 Å². The highest BCUT2D eigenvalue weighted by Crippen LogP contribution is 2.40. The molecule has 2 atom stereocenters. The number of nitrogens with zero attached hydrogens (tertiary/aromatic N) is 2. The van der Waals surface area contributed by atoms with Gasteiger partial charge in [0.1, 0.15) is 0 Å². The third kappa shape index (κ3) is 3.73. The van der Waals surface area contributed by atoms with Crippen molar-refractivity contribution in [3.63, 3.8) is 0 Å². The lowest BCUT2D eigenvalue weighted by Gasteiger charge is -2.19. The first-order valence-corrected chi connectivity index (χ1v) is 8.94. The Morgan fingerprint density at radius 1 is 1.26 bits per heavy atom. The minimum absolute atomic E-state index is 0.206. The molecule has 1 aromatic heterocycles. The molecule has 0 bridgehead atoms. The van der Waals surface area contributed by atoms with Crippen LogP contribution >= 0.6 is 23.2 Å². The number of aromatic nitrogens is 2. The minimum Gasteiger partial charge on any atom is -0.308 e. The molecule has 5 heteroatoms. The van der Waals surface area contributed by atoms with Crippen LogP contribution in [0.4, 0.5) is 0 Å². The van der Waals surface area contributed by atoms with Crippen molar-refractivity contribution in [3.8, 4) is 0 Å². The molecule has 2 unspecified atom stereocenters. The Bertz CT molecular complexity index is 671. The van der Waals surface area contributed by atoms with Crippen LogP contribution in [0.1, 0.15) is 61.5 Å². The zero-order valence-electron chi connectivity index (χ0n) is 13.8. The van der Waals surface area contributed by atoms with Gasteiger partial charge in [0.15, 0.2) is 0 Å². The number of hydrogen-bond donors (Lipinski definition) is 1. The van der Waals surface area contributed by atoms with E-state index in [0.717, 1.165) is 27.8 Å². The normalized spacial score (nSPS) is 17.3. The smallest absolute Gasteiger partial charge is 0.0794 e. The molecule has 1 saturated carbocycles. The number of aryl methyl sites for hydroxylation is 1. The number of benzene rings is 1. The molecule has 3 rings (SSSR count). The molecule has 1 aromatic carbocycles. The van der Waals surface area contributed by atoms with E-state index in [2.05, 4.69) is 30.3 Å². The van der Waals surface area contributed by atoms with E-state index in [4.69, 9.17) is 23.2 Å². The van der Waals surface area contributed by atoms with Crippen LogP contribution in [0.5, 0.6) is 0 Å². The van der Waals surface area contributed by atoms with Crippen molar-refractivity contribution in [2.75, 3.05) is 6.54 Å². The zero-order valence-corrected chi connectivity index (χ0v) is 15.3. The predicted octanol–water partition coefficient (Wildman–Crippen LogP) is 5.06. The molecular weight excluding hydrogens is 329 g/mol. The van der Waals surface area contributed by atoms with E-state index in [-0.39, 0.29) is 12.0 Å². The number of nitrogens with one attached hydrogen (secondary N) is 1. The van der Waals surface area contributed by atoms with Crippen LogP contribution in [0.15, 0.2) is 24.3 Å². The van der Waals surface area contributed by atoms with Gasteiger partial charge in [-0.25, -0.2) is 0 Å². The molecule has 0 aliphatic heterocycles. The highest BCUT2D eigenvalue weighted by atomic mass is 35.5. The Kier molecular flexibility index (Phi) is 5.00. The van der Waals surface area contributed by atoms with Crippen LogP contribution in [0.2, 0.25) is 10.0 Å². The molecular formula is C18H23Cl2N3. The summed E-state index contributed by atoms with van der Waals surface area (Å²) in [6.07, 6.45) is 2.59. The van der Waals surface area contributed by atoms with E-state index in [0.29, 0.717) is 5.92 Å². The van der Waals surface area contributed by atoms with E-state index < -0.39 is 0 Å². The van der Waals surface area contributed by atoms with Gasteiger partial charge in [0.25, 0.3) is 0 Å². The van der Waals surface area contributed by atoms with Gasteiger partial charge < -0.3 is 5.32 Å². The molecule has 1 aliphatic rings. The first kappa shape index (κ1) is 16.8. The first-order chi connectivity index (χ1) is 11.0. The Balaban J connectivity index is 1.64. The highest BCUT2D eigenvalue weighted by molar-refractivity contribution is 6.36. The molecule has 1 N–H and O–H groups in total. The molecule has 23 heavy (non-hydrogen) atoms. The van der Waals surface area contributed by atoms with Gasteiger partial charge >= 0.3 is 0 Å². The second-order valence-electron chi connectivity index (χ2n) is 6.56. The molecule has 1 heterocycles. The van der Waals surface area contributed by atoms with E-state index in [1.807, 2.05) is 29.9 Å². The van der Waals surface area contributed by atoms with Crippen molar-refractivity contribution < 1.29 is 0 Å². The van der Waals surface area contributed by atoms with Crippen molar-refractivity contribution >= 4 is 23.2 Å². The average molecular weight is 352 g/mol. The summed E-state index contributed by atoms with van der Waals surface area (Å²) in [5.41, 5.74) is 3.47. The standard InChI is InChI=1S/C18H23Cl2N3/c1-11(18-14(19)5-4-6-15(18)20)10-21-12(2)16-9-17(13-7-8-13)23(3)22-16/h4-6,9,11-13,21H,7-8,10H2,1-3H3. The van der Waals surface area contributed by atoms with Crippen LogP contribution in [-0.2, 0) is 7.05 Å². The summed E-state index contributed by atoms with van der Waals surface area (Å²) in [6.45, 7) is 5.10. The summed E-state index contributed by atoms with van der Waals surface area (Å²) >= 11 is 12.6. The molecule has 0 amide bonds. The molecule has 0 saturated heterocycles. The average Bonchev–Trinajstić information content (AvgIpc) is 3.27. The summed E-state index contributed by atoms with van der Waals surface area (Å²) in [7, 11) is 2.04. The number of halogens is 2. The molecule has 1 fully saturated rings. The molecule has 1 aliphatic carbocycles. The Morgan fingerprint density at radius 3 is 2.52 bits per heavy atom. The summed E-state index contributed by atoms with van der Waals surface area (Å²) in [4.78, 5) is 0. The topological polar surface area (TPSA) is 29.9 Å². The molecule has 0 spiro atoms. The van der Waals surface area contributed by atoms with Crippen LogP contribution in [0.25, 0.3) is 0 Å². The van der Waals surface area contributed by atoms with Crippen molar-refractivity contribution in [1.29, 1.82) is 0 Å². The maximum absolute atomic E-state index is 6.29. The third-order valence-electron chi connectivity index (χ3n) is 4.60. The van der Waals surface area contributed by atoms with Crippen molar-refractivity contribution in [1.82, 2.24) is 15.1 Å². The number of rotatable bonds is 6.